The lowest BCUT2D eigenvalue weighted by atomic mass is 10.3. The summed E-state index contributed by atoms with van der Waals surface area (Å²) >= 11 is 1.45. The van der Waals surface area contributed by atoms with Gasteiger partial charge in [-0.2, -0.15) is 8.42 Å². The molecule has 0 saturated carbocycles. The molecule has 1 aliphatic rings. The number of thioether (sulfide) groups is 1. The number of rotatable bonds is 3. The van der Waals surface area contributed by atoms with E-state index in [2.05, 4.69) is 16.6 Å². The number of benzene rings is 1. The van der Waals surface area contributed by atoms with Gasteiger partial charge in [-0.3, -0.25) is 0 Å². The Kier molecular flexibility index (Phi) is 3.73. The van der Waals surface area contributed by atoms with Gasteiger partial charge in [0.2, 0.25) is 0 Å². The fourth-order valence-corrected chi connectivity index (χ4v) is 3.79. The van der Waals surface area contributed by atoms with Crippen LogP contribution in [-0.4, -0.2) is 19.3 Å². The second-order valence-electron chi connectivity index (χ2n) is 3.69. The zero-order valence-corrected chi connectivity index (χ0v) is 11.1. The van der Waals surface area contributed by atoms with Crippen molar-refractivity contribution in [1.29, 1.82) is 0 Å². The molecule has 0 unspecified atom stereocenters. The molecule has 0 spiro atoms. The molecule has 1 aliphatic heterocycles. The van der Waals surface area contributed by atoms with Gasteiger partial charge in [-0.25, -0.2) is 0 Å². The molecule has 17 heavy (non-hydrogen) atoms. The van der Waals surface area contributed by atoms with E-state index in [4.69, 9.17) is 0 Å². The van der Waals surface area contributed by atoms with Crippen molar-refractivity contribution in [3.05, 3.63) is 24.3 Å². The van der Waals surface area contributed by atoms with Crippen molar-refractivity contribution < 1.29 is 8.42 Å². The monoisotopic (exact) mass is 270 g/mol. The summed E-state index contributed by atoms with van der Waals surface area (Å²) in [6.45, 7) is 2.10. The molecule has 1 aromatic carbocycles. The second-order valence-corrected chi connectivity index (χ2v) is 6.35. The van der Waals surface area contributed by atoms with Gasteiger partial charge in [0.15, 0.2) is 5.17 Å². The smallest absolute Gasteiger partial charge is 0.286 e. The first-order valence-electron chi connectivity index (χ1n) is 5.47. The lowest BCUT2D eigenvalue weighted by Crippen LogP contribution is -2.19. The topological polar surface area (TPSA) is 58.5 Å². The van der Waals surface area contributed by atoms with Crippen LogP contribution in [0.25, 0.3) is 0 Å². The second kappa shape index (κ2) is 5.10. The summed E-state index contributed by atoms with van der Waals surface area (Å²) in [4.78, 5) is 0.250. The third-order valence-electron chi connectivity index (χ3n) is 2.35. The molecule has 1 heterocycles. The van der Waals surface area contributed by atoms with E-state index >= 15 is 0 Å². The van der Waals surface area contributed by atoms with Crippen LogP contribution in [0.2, 0.25) is 0 Å². The molecular weight excluding hydrogens is 256 g/mol. The molecular formula is C11H14N2O2S2. The normalized spacial score (nSPS) is 16.9. The zero-order chi connectivity index (χ0) is 12.3. The van der Waals surface area contributed by atoms with Gasteiger partial charge < -0.3 is 5.32 Å². The summed E-state index contributed by atoms with van der Waals surface area (Å²) in [6, 6.07) is 6.82. The lowest BCUT2D eigenvalue weighted by molar-refractivity contribution is 0.598. The van der Waals surface area contributed by atoms with E-state index in [0.29, 0.717) is 10.9 Å². The van der Waals surface area contributed by atoms with Crippen molar-refractivity contribution in [2.24, 2.45) is 4.40 Å². The number of hydrogen-bond acceptors (Lipinski definition) is 4. The van der Waals surface area contributed by atoms with E-state index in [-0.39, 0.29) is 4.90 Å². The first-order chi connectivity index (χ1) is 8.13. The molecule has 1 aromatic rings. The van der Waals surface area contributed by atoms with Gasteiger partial charge >= 0.3 is 0 Å². The van der Waals surface area contributed by atoms with E-state index in [0.717, 1.165) is 18.6 Å². The molecule has 0 aromatic heterocycles. The molecule has 92 valence electrons. The van der Waals surface area contributed by atoms with E-state index in [9.17, 15) is 8.42 Å². The quantitative estimate of drug-likeness (QED) is 0.858. The fraction of sp³-hybridized carbons (Fsp3) is 0.364. The molecule has 0 amide bonds. The summed E-state index contributed by atoms with van der Waals surface area (Å²) in [5.41, 5.74) is 0.612. The highest BCUT2D eigenvalue weighted by Gasteiger charge is 2.24. The standard InChI is InChI=1S/C11H14N2O2S2/c1-2-3-8-16-11-12-9-6-4-5-7-10(9)17(14,15)13-11/h4-7H,2-3,8H2,1H3,(H,12,13). The van der Waals surface area contributed by atoms with Crippen LogP contribution < -0.4 is 5.32 Å². The van der Waals surface area contributed by atoms with Crippen molar-refractivity contribution in [3.8, 4) is 0 Å². The number of hydrogen-bond donors (Lipinski definition) is 1. The van der Waals surface area contributed by atoms with Crippen LogP contribution in [0.15, 0.2) is 33.6 Å². The maximum absolute atomic E-state index is 11.9. The number of nitrogens with zero attached hydrogens (tertiary/aromatic N) is 1. The van der Waals surface area contributed by atoms with Crippen LogP contribution in [0.1, 0.15) is 19.8 Å². The summed E-state index contributed by atoms with van der Waals surface area (Å²) in [5, 5.41) is 3.51. The maximum Gasteiger partial charge on any atom is 0.286 e. The van der Waals surface area contributed by atoms with E-state index in [1.165, 1.54) is 11.8 Å². The van der Waals surface area contributed by atoms with Crippen molar-refractivity contribution in [1.82, 2.24) is 0 Å². The molecule has 0 radical (unpaired) electrons. The minimum absolute atomic E-state index is 0.250. The van der Waals surface area contributed by atoms with Crippen molar-refractivity contribution in [3.63, 3.8) is 0 Å². The maximum atomic E-state index is 11.9. The van der Waals surface area contributed by atoms with Gasteiger partial charge in [-0.05, 0) is 18.6 Å². The molecule has 4 nitrogen and oxygen atoms in total. The summed E-state index contributed by atoms with van der Waals surface area (Å²) in [6.07, 6.45) is 2.14. The van der Waals surface area contributed by atoms with Gasteiger partial charge in [0.1, 0.15) is 4.90 Å². The predicted molar refractivity (Wildman–Crippen MR) is 72.1 cm³/mol. The number of nitrogens with one attached hydrogen (secondary N) is 1. The number of para-hydroxylation sites is 1. The summed E-state index contributed by atoms with van der Waals surface area (Å²) < 4.78 is 27.5. The van der Waals surface area contributed by atoms with Gasteiger partial charge in [0, 0.05) is 5.75 Å². The highest BCUT2D eigenvalue weighted by atomic mass is 32.2. The first-order valence-corrected chi connectivity index (χ1v) is 7.90. The predicted octanol–water partition coefficient (Wildman–Crippen LogP) is 2.69. The third-order valence-corrected chi connectivity index (χ3v) is 4.76. The van der Waals surface area contributed by atoms with Gasteiger partial charge in [0.05, 0.1) is 5.69 Å². The molecule has 6 heteroatoms. The van der Waals surface area contributed by atoms with Crippen molar-refractivity contribution in [2.75, 3.05) is 11.1 Å². The highest BCUT2D eigenvalue weighted by Crippen LogP contribution is 2.29. The van der Waals surface area contributed by atoms with E-state index in [1.54, 1.807) is 24.3 Å². The van der Waals surface area contributed by atoms with Crippen LogP contribution in [0.4, 0.5) is 5.69 Å². The van der Waals surface area contributed by atoms with E-state index in [1.807, 2.05) is 0 Å². The molecule has 0 bridgehead atoms. The van der Waals surface area contributed by atoms with Gasteiger partial charge in [-0.1, -0.05) is 37.2 Å². The minimum Gasteiger partial charge on any atom is -0.333 e. The fourth-order valence-electron chi connectivity index (χ4n) is 1.47. The Labute approximate surface area is 106 Å². The Bertz CT molecular complexity index is 538. The number of amidine groups is 1. The van der Waals surface area contributed by atoms with Crippen LogP contribution in [0, 0.1) is 0 Å². The average Bonchev–Trinajstić information content (AvgIpc) is 2.29. The summed E-state index contributed by atoms with van der Waals surface area (Å²) in [5.74, 6) is 0.875. The van der Waals surface area contributed by atoms with Crippen molar-refractivity contribution in [2.45, 2.75) is 24.7 Å². The zero-order valence-electron chi connectivity index (χ0n) is 9.51. The van der Waals surface area contributed by atoms with Crippen LogP contribution in [-0.2, 0) is 10.0 Å². The van der Waals surface area contributed by atoms with E-state index < -0.39 is 10.0 Å². The van der Waals surface area contributed by atoms with Crippen molar-refractivity contribution >= 4 is 32.6 Å². The largest absolute Gasteiger partial charge is 0.333 e. The Hall–Kier alpha value is -1.01. The number of sulfonamides is 1. The average molecular weight is 270 g/mol. The first kappa shape index (κ1) is 12.4. The number of anilines is 1. The Morgan fingerprint density at radius 3 is 2.88 bits per heavy atom. The van der Waals surface area contributed by atoms with Crippen LogP contribution >= 0.6 is 11.8 Å². The Balaban J connectivity index is 2.23. The molecule has 2 rings (SSSR count). The SMILES string of the molecule is CCCCSC1=NS(=O)(=O)c2ccccc2N1. The highest BCUT2D eigenvalue weighted by molar-refractivity contribution is 8.14. The number of fused-ring (bicyclic) bond motifs is 1. The Morgan fingerprint density at radius 1 is 1.35 bits per heavy atom. The molecule has 0 atom stereocenters. The molecule has 0 fully saturated rings. The van der Waals surface area contributed by atoms with Gasteiger partial charge in [-0.15, -0.1) is 4.40 Å². The lowest BCUT2D eigenvalue weighted by Gasteiger charge is -2.17. The van der Waals surface area contributed by atoms with Crippen LogP contribution in [0.3, 0.4) is 0 Å². The third kappa shape index (κ3) is 2.81. The van der Waals surface area contributed by atoms with Crippen LogP contribution in [0.5, 0.6) is 0 Å². The Morgan fingerprint density at radius 2 is 2.12 bits per heavy atom. The summed E-state index contributed by atoms with van der Waals surface area (Å²) in [7, 11) is -3.52. The minimum atomic E-state index is -3.52. The van der Waals surface area contributed by atoms with Gasteiger partial charge in [0.25, 0.3) is 10.0 Å². The number of unbranched alkanes of at least 4 members (excludes halogenated alkanes) is 1. The molecule has 0 aliphatic carbocycles. The molecule has 1 N–H and O–H groups in total. The molecule has 0 saturated heterocycles.